The van der Waals surface area contributed by atoms with E-state index < -0.39 is 10.0 Å². The van der Waals surface area contributed by atoms with E-state index in [0.29, 0.717) is 21.6 Å². The van der Waals surface area contributed by atoms with Gasteiger partial charge in [0, 0.05) is 19.1 Å². The minimum atomic E-state index is -3.37. The maximum absolute atomic E-state index is 12.4. The highest BCUT2D eigenvalue weighted by atomic mass is 35.5. The van der Waals surface area contributed by atoms with Gasteiger partial charge in [-0.1, -0.05) is 18.5 Å². The van der Waals surface area contributed by atoms with Gasteiger partial charge in [-0.2, -0.15) is 4.31 Å². The topological polar surface area (TPSA) is 49.4 Å². The van der Waals surface area contributed by atoms with Crippen molar-refractivity contribution in [2.45, 2.75) is 30.0 Å². The third-order valence-electron chi connectivity index (χ3n) is 3.02. The van der Waals surface area contributed by atoms with Gasteiger partial charge in [-0.15, -0.1) is 11.3 Å². The van der Waals surface area contributed by atoms with E-state index in [1.165, 1.54) is 0 Å². The first kappa shape index (κ1) is 14.3. The molecule has 1 atom stereocenters. The Morgan fingerprint density at radius 2 is 2.33 bits per heavy atom. The molecule has 1 saturated heterocycles. The number of rotatable bonds is 4. The zero-order chi connectivity index (χ0) is 13.2. The van der Waals surface area contributed by atoms with Crippen molar-refractivity contribution in [2.24, 2.45) is 0 Å². The van der Waals surface area contributed by atoms with Crippen LogP contribution >= 0.6 is 22.9 Å². The van der Waals surface area contributed by atoms with Gasteiger partial charge >= 0.3 is 0 Å². The molecule has 1 aromatic heterocycles. The molecule has 1 fully saturated rings. The van der Waals surface area contributed by atoms with Crippen LogP contribution in [0.5, 0.6) is 0 Å². The van der Waals surface area contributed by atoms with E-state index in [-0.39, 0.29) is 6.04 Å². The second-order valence-electron chi connectivity index (χ2n) is 4.32. The molecule has 1 unspecified atom stereocenters. The van der Waals surface area contributed by atoms with Crippen LogP contribution in [0.25, 0.3) is 0 Å². The highest BCUT2D eigenvalue weighted by Gasteiger charge is 2.30. The van der Waals surface area contributed by atoms with Gasteiger partial charge in [-0.25, -0.2) is 8.42 Å². The van der Waals surface area contributed by atoms with Crippen molar-refractivity contribution in [1.29, 1.82) is 0 Å². The Balaban J connectivity index is 2.15. The van der Waals surface area contributed by atoms with Crippen molar-refractivity contribution in [2.75, 3.05) is 19.6 Å². The molecule has 0 bridgehead atoms. The number of halogens is 1. The summed E-state index contributed by atoms with van der Waals surface area (Å²) < 4.78 is 27.2. The highest BCUT2D eigenvalue weighted by Crippen LogP contribution is 2.29. The molecule has 7 heteroatoms. The average molecular weight is 309 g/mol. The van der Waals surface area contributed by atoms with E-state index in [4.69, 9.17) is 11.6 Å². The summed E-state index contributed by atoms with van der Waals surface area (Å²) in [6, 6.07) is 3.47. The molecule has 1 aliphatic heterocycles. The average Bonchev–Trinajstić information content (AvgIpc) is 2.77. The van der Waals surface area contributed by atoms with E-state index in [9.17, 15) is 8.42 Å². The number of piperidine rings is 1. The Hall–Kier alpha value is -0.140. The van der Waals surface area contributed by atoms with Crippen LogP contribution in [0.3, 0.4) is 0 Å². The Morgan fingerprint density at radius 3 is 2.94 bits per heavy atom. The minimum Gasteiger partial charge on any atom is -0.313 e. The lowest BCUT2D eigenvalue weighted by molar-refractivity contribution is 0.286. The molecule has 0 spiro atoms. The molecular formula is C11H17ClN2O2S2. The highest BCUT2D eigenvalue weighted by molar-refractivity contribution is 7.91. The standard InChI is InChI=1S/C11H17ClN2O2S2/c1-2-13-9-4-3-7-14(8-9)18(15,16)11-6-5-10(12)17-11/h5-6,9,13H,2-4,7-8H2,1H3. The Labute approximate surface area is 117 Å². The molecule has 0 radical (unpaired) electrons. The second-order valence-corrected chi connectivity index (χ2v) is 8.20. The van der Waals surface area contributed by atoms with Crippen LogP contribution in [-0.2, 0) is 10.0 Å². The summed E-state index contributed by atoms with van der Waals surface area (Å²) in [6.45, 7) is 4.04. The zero-order valence-corrected chi connectivity index (χ0v) is 12.6. The first-order valence-electron chi connectivity index (χ1n) is 6.03. The fourth-order valence-electron chi connectivity index (χ4n) is 2.18. The predicted molar refractivity (Wildman–Crippen MR) is 74.8 cm³/mol. The Morgan fingerprint density at radius 1 is 1.56 bits per heavy atom. The van der Waals surface area contributed by atoms with Gasteiger partial charge in [0.2, 0.25) is 0 Å². The summed E-state index contributed by atoms with van der Waals surface area (Å²) >= 11 is 6.93. The monoisotopic (exact) mass is 308 g/mol. The summed E-state index contributed by atoms with van der Waals surface area (Å²) in [5.41, 5.74) is 0. The van der Waals surface area contributed by atoms with Crippen LogP contribution < -0.4 is 5.32 Å². The van der Waals surface area contributed by atoms with Crippen LogP contribution in [0.15, 0.2) is 16.3 Å². The SMILES string of the molecule is CCNC1CCCN(S(=O)(=O)c2ccc(Cl)s2)C1. The maximum atomic E-state index is 12.4. The van der Waals surface area contributed by atoms with Crippen molar-refractivity contribution in [3.63, 3.8) is 0 Å². The van der Waals surface area contributed by atoms with Crippen molar-refractivity contribution >= 4 is 33.0 Å². The number of likely N-dealkylation sites (N-methyl/N-ethyl adjacent to an activating group) is 1. The molecule has 18 heavy (non-hydrogen) atoms. The minimum absolute atomic E-state index is 0.258. The molecule has 1 N–H and O–H groups in total. The number of nitrogens with zero attached hydrogens (tertiary/aromatic N) is 1. The van der Waals surface area contributed by atoms with Crippen LogP contribution in [0.1, 0.15) is 19.8 Å². The maximum Gasteiger partial charge on any atom is 0.252 e. The lowest BCUT2D eigenvalue weighted by atomic mass is 10.1. The van der Waals surface area contributed by atoms with E-state index in [2.05, 4.69) is 5.32 Å². The quantitative estimate of drug-likeness (QED) is 0.927. The van der Waals surface area contributed by atoms with Gasteiger partial charge < -0.3 is 5.32 Å². The third-order valence-corrected chi connectivity index (χ3v) is 6.58. The normalized spacial score (nSPS) is 22.2. The van der Waals surface area contributed by atoms with E-state index in [1.54, 1.807) is 16.4 Å². The molecule has 2 heterocycles. The van der Waals surface area contributed by atoms with Gasteiger partial charge in [0.05, 0.1) is 4.34 Å². The molecule has 0 saturated carbocycles. The molecule has 4 nitrogen and oxygen atoms in total. The van der Waals surface area contributed by atoms with Crippen molar-refractivity contribution in [1.82, 2.24) is 9.62 Å². The fraction of sp³-hybridized carbons (Fsp3) is 0.636. The molecule has 1 aromatic rings. The van der Waals surface area contributed by atoms with Crippen molar-refractivity contribution < 1.29 is 8.42 Å². The van der Waals surface area contributed by atoms with Gasteiger partial charge in [0.1, 0.15) is 4.21 Å². The van der Waals surface area contributed by atoms with Crippen molar-refractivity contribution in [3.8, 4) is 0 Å². The van der Waals surface area contributed by atoms with Crippen LogP contribution in [-0.4, -0.2) is 38.4 Å². The van der Waals surface area contributed by atoms with Gasteiger partial charge in [-0.3, -0.25) is 0 Å². The number of sulfonamides is 1. The van der Waals surface area contributed by atoms with Crippen LogP contribution in [0, 0.1) is 0 Å². The summed E-state index contributed by atoms with van der Waals surface area (Å²) in [5.74, 6) is 0. The molecule has 0 aliphatic carbocycles. The second kappa shape index (κ2) is 5.88. The number of hydrogen-bond acceptors (Lipinski definition) is 4. The number of nitrogens with one attached hydrogen (secondary N) is 1. The summed E-state index contributed by atoms with van der Waals surface area (Å²) in [5, 5.41) is 3.31. The largest absolute Gasteiger partial charge is 0.313 e. The molecule has 0 aromatic carbocycles. The van der Waals surface area contributed by atoms with Crippen LogP contribution in [0.2, 0.25) is 4.34 Å². The summed E-state index contributed by atoms with van der Waals surface area (Å²) in [7, 11) is -3.37. The smallest absolute Gasteiger partial charge is 0.252 e. The fourth-order valence-corrected chi connectivity index (χ4v) is 5.34. The van der Waals surface area contributed by atoms with Crippen molar-refractivity contribution in [3.05, 3.63) is 16.5 Å². The number of hydrogen-bond donors (Lipinski definition) is 1. The zero-order valence-electron chi connectivity index (χ0n) is 10.2. The van der Waals surface area contributed by atoms with Gasteiger partial charge in [0.25, 0.3) is 10.0 Å². The lowest BCUT2D eigenvalue weighted by Crippen LogP contribution is -2.47. The lowest BCUT2D eigenvalue weighted by Gasteiger charge is -2.31. The summed E-state index contributed by atoms with van der Waals surface area (Å²) in [4.78, 5) is 0. The molecule has 2 rings (SSSR count). The van der Waals surface area contributed by atoms with E-state index in [1.807, 2.05) is 6.92 Å². The molecule has 1 aliphatic rings. The number of thiophene rings is 1. The molecule has 102 valence electrons. The summed E-state index contributed by atoms with van der Waals surface area (Å²) in [6.07, 6.45) is 1.93. The third kappa shape index (κ3) is 3.05. The molecular weight excluding hydrogens is 292 g/mol. The van der Waals surface area contributed by atoms with E-state index >= 15 is 0 Å². The van der Waals surface area contributed by atoms with E-state index in [0.717, 1.165) is 30.7 Å². The Kier molecular flexibility index (Phi) is 4.66. The van der Waals surface area contributed by atoms with Gasteiger partial charge in [-0.05, 0) is 31.5 Å². The van der Waals surface area contributed by atoms with Crippen LogP contribution in [0.4, 0.5) is 0 Å². The predicted octanol–water partition coefficient (Wildman–Crippen LogP) is 2.16. The first-order chi connectivity index (χ1) is 8.54. The first-order valence-corrected chi connectivity index (χ1v) is 8.66. The molecule has 0 amide bonds. The Bertz CT molecular complexity index is 499. The van der Waals surface area contributed by atoms with Gasteiger partial charge in [0.15, 0.2) is 0 Å².